The smallest absolute Gasteiger partial charge is 0.0629 e. The molecule has 0 bridgehead atoms. The van der Waals surface area contributed by atoms with Crippen LogP contribution in [0.15, 0.2) is 11.6 Å². The molecule has 0 amide bonds. The van der Waals surface area contributed by atoms with E-state index >= 15 is 0 Å². The van der Waals surface area contributed by atoms with Gasteiger partial charge in [-0.2, -0.15) is 0 Å². The van der Waals surface area contributed by atoms with Crippen LogP contribution in [-0.2, 0) is 4.74 Å². The summed E-state index contributed by atoms with van der Waals surface area (Å²) in [5, 5.41) is 0.952. The first-order valence-electron chi connectivity index (χ1n) is 4.87. The number of hydrogen-bond donors (Lipinski definition) is 0. The molecule has 0 atom stereocenters. The Morgan fingerprint density at radius 2 is 2.08 bits per heavy atom. The summed E-state index contributed by atoms with van der Waals surface area (Å²) < 4.78 is 5.62. The van der Waals surface area contributed by atoms with Crippen LogP contribution in [0.5, 0.6) is 0 Å². The molecule has 0 aromatic carbocycles. The van der Waals surface area contributed by atoms with Crippen molar-refractivity contribution in [3.63, 3.8) is 0 Å². The van der Waals surface area contributed by atoms with Crippen LogP contribution in [0.3, 0.4) is 0 Å². The van der Waals surface area contributed by atoms with Gasteiger partial charge in [0.15, 0.2) is 0 Å². The first-order valence-corrected chi connectivity index (χ1v) is 5.99. The van der Waals surface area contributed by atoms with E-state index in [1.807, 2.05) is 6.92 Å². The van der Waals surface area contributed by atoms with E-state index in [2.05, 4.69) is 42.8 Å². The molecule has 0 heterocycles. The van der Waals surface area contributed by atoms with Crippen LogP contribution < -0.4 is 0 Å². The molecule has 2 heteroatoms. The largest absolute Gasteiger partial charge is 0.376 e. The molecule has 0 radical (unpaired) electrons. The van der Waals surface area contributed by atoms with Gasteiger partial charge < -0.3 is 4.74 Å². The van der Waals surface area contributed by atoms with Crippen LogP contribution in [-0.4, -0.2) is 17.5 Å². The van der Waals surface area contributed by atoms with Crippen molar-refractivity contribution in [3.8, 4) is 0 Å². The fourth-order valence-electron chi connectivity index (χ4n) is 1.19. The number of alkyl halides is 1. The average Bonchev–Trinajstić information content (AvgIpc) is 2.02. The zero-order chi connectivity index (χ0) is 10.3. The molecule has 0 saturated heterocycles. The summed E-state index contributed by atoms with van der Waals surface area (Å²) in [5.41, 5.74) is 1.46. The number of rotatable bonds is 6. The van der Waals surface area contributed by atoms with Gasteiger partial charge in [-0.15, -0.1) is 0 Å². The minimum atomic E-state index is 0.0240. The number of ether oxygens (including phenoxy) is 1. The average molecular weight is 249 g/mol. The lowest BCUT2D eigenvalue weighted by molar-refractivity contribution is -0.0158. The molecule has 0 fully saturated rings. The molecular weight excluding hydrogens is 228 g/mol. The lowest BCUT2D eigenvalue weighted by Crippen LogP contribution is -2.24. The van der Waals surface area contributed by atoms with Crippen molar-refractivity contribution in [2.24, 2.45) is 0 Å². The lowest BCUT2D eigenvalue weighted by Gasteiger charge is -2.24. The fourth-order valence-corrected chi connectivity index (χ4v) is 1.75. The van der Waals surface area contributed by atoms with E-state index in [1.54, 1.807) is 0 Å². The Morgan fingerprint density at radius 1 is 1.46 bits per heavy atom. The molecule has 13 heavy (non-hydrogen) atoms. The summed E-state index contributed by atoms with van der Waals surface area (Å²) in [6.07, 6.45) is 4.43. The molecule has 0 aromatic rings. The van der Waals surface area contributed by atoms with E-state index in [9.17, 15) is 0 Å². The summed E-state index contributed by atoms with van der Waals surface area (Å²) in [6.45, 7) is 9.32. The molecule has 0 unspecified atom stereocenters. The van der Waals surface area contributed by atoms with Gasteiger partial charge in [-0.1, -0.05) is 27.6 Å². The summed E-state index contributed by atoms with van der Waals surface area (Å²) in [6, 6.07) is 0. The molecule has 0 aliphatic carbocycles. The fraction of sp³-hybridized carbons (Fsp3) is 0.818. The Balaban J connectivity index is 3.80. The maximum absolute atomic E-state index is 5.62. The van der Waals surface area contributed by atoms with Crippen molar-refractivity contribution < 1.29 is 4.74 Å². The molecular formula is C11H21BrO. The van der Waals surface area contributed by atoms with Gasteiger partial charge in [0.2, 0.25) is 0 Å². The highest BCUT2D eigenvalue weighted by molar-refractivity contribution is 9.09. The van der Waals surface area contributed by atoms with Crippen LogP contribution in [0, 0.1) is 0 Å². The lowest BCUT2D eigenvalue weighted by atomic mass is 9.99. The van der Waals surface area contributed by atoms with Gasteiger partial charge in [-0.25, -0.2) is 0 Å². The quantitative estimate of drug-likeness (QED) is 0.512. The second-order valence-electron chi connectivity index (χ2n) is 3.90. The molecule has 0 aliphatic rings. The van der Waals surface area contributed by atoms with Crippen LogP contribution in [0.25, 0.3) is 0 Å². The Morgan fingerprint density at radius 3 is 2.54 bits per heavy atom. The van der Waals surface area contributed by atoms with E-state index in [1.165, 1.54) is 5.57 Å². The summed E-state index contributed by atoms with van der Waals surface area (Å²) in [7, 11) is 0. The third-order valence-corrected chi connectivity index (χ3v) is 2.41. The van der Waals surface area contributed by atoms with Crippen LogP contribution in [0.4, 0.5) is 0 Å². The Hall–Kier alpha value is 0.180. The van der Waals surface area contributed by atoms with Gasteiger partial charge in [0.05, 0.1) is 5.60 Å². The zero-order valence-corrected chi connectivity index (χ0v) is 10.8. The molecule has 0 aliphatic heterocycles. The molecule has 1 nitrogen and oxygen atoms in total. The van der Waals surface area contributed by atoms with Crippen LogP contribution >= 0.6 is 15.9 Å². The van der Waals surface area contributed by atoms with Gasteiger partial charge >= 0.3 is 0 Å². The number of allylic oxidation sites excluding steroid dienone is 2. The normalized spacial score (nSPS) is 13.5. The van der Waals surface area contributed by atoms with E-state index in [4.69, 9.17) is 4.74 Å². The van der Waals surface area contributed by atoms with Crippen molar-refractivity contribution in [2.45, 2.75) is 46.1 Å². The monoisotopic (exact) mass is 248 g/mol. The predicted octanol–water partition coefficient (Wildman–Crippen LogP) is 3.92. The van der Waals surface area contributed by atoms with E-state index in [0.29, 0.717) is 0 Å². The van der Waals surface area contributed by atoms with E-state index in [-0.39, 0.29) is 5.60 Å². The summed E-state index contributed by atoms with van der Waals surface area (Å²) in [5.74, 6) is 0. The topological polar surface area (TPSA) is 9.23 Å². The van der Waals surface area contributed by atoms with Gasteiger partial charge in [0.1, 0.15) is 0 Å². The SMILES string of the molecule is CCOC(C)(C)CC/C(C)=C/CBr. The predicted molar refractivity (Wildman–Crippen MR) is 62.5 cm³/mol. The van der Waals surface area contributed by atoms with Gasteiger partial charge in [0.25, 0.3) is 0 Å². The van der Waals surface area contributed by atoms with Gasteiger partial charge in [0, 0.05) is 11.9 Å². The summed E-state index contributed by atoms with van der Waals surface area (Å²) in [4.78, 5) is 0. The first kappa shape index (κ1) is 13.2. The molecule has 0 spiro atoms. The van der Waals surface area contributed by atoms with Crippen molar-refractivity contribution in [2.75, 3.05) is 11.9 Å². The Kier molecular flexibility index (Phi) is 6.70. The third-order valence-electron chi connectivity index (χ3n) is 2.08. The van der Waals surface area contributed by atoms with Crippen molar-refractivity contribution in [3.05, 3.63) is 11.6 Å². The van der Waals surface area contributed by atoms with Gasteiger partial charge in [-0.05, 0) is 40.5 Å². The molecule has 0 saturated carbocycles. The van der Waals surface area contributed by atoms with E-state index in [0.717, 1.165) is 24.8 Å². The Bertz CT molecular complexity index is 161. The van der Waals surface area contributed by atoms with Crippen LogP contribution in [0.1, 0.15) is 40.5 Å². The highest BCUT2D eigenvalue weighted by Crippen LogP contribution is 2.19. The van der Waals surface area contributed by atoms with Crippen LogP contribution in [0.2, 0.25) is 0 Å². The highest BCUT2D eigenvalue weighted by atomic mass is 79.9. The molecule has 0 aromatic heterocycles. The number of hydrogen-bond acceptors (Lipinski definition) is 1. The summed E-state index contributed by atoms with van der Waals surface area (Å²) >= 11 is 3.39. The van der Waals surface area contributed by atoms with Crippen molar-refractivity contribution in [1.82, 2.24) is 0 Å². The van der Waals surface area contributed by atoms with Crippen molar-refractivity contribution in [1.29, 1.82) is 0 Å². The second-order valence-corrected chi connectivity index (χ2v) is 4.54. The first-order chi connectivity index (χ1) is 6.02. The maximum Gasteiger partial charge on any atom is 0.0629 e. The standard InChI is InChI=1S/C11H21BrO/c1-5-13-11(3,4)8-6-10(2)7-9-12/h7H,5-6,8-9H2,1-4H3/b10-7+. The maximum atomic E-state index is 5.62. The number of halogens is 1. The minimum absolute atomic E-state index is 0.0240. The van der Waals surface area contributed by atoms with Gasteiger partial charge in [-0.3, -0.25) is 0 Å². The minimum Gasteiger partial charge on any atom is -0.376 e. The molecule has 0 rings (SSSR count). The highest BCUT2D eigenvalue weighted by Gasteiger charge is 2.16. The zero-order valence-electron chi connectivity index (χ0n) is 9.19. The second kappa shape index (κ2) is 6.61. The third kappa shape index (κ3) is 7.27. The van der Waals surface area contributed by atoms with E-state index < -0.39 is 0 Å². The molecule has 78 valence electrons. The molecule has 0 N–H and O–H groups in total. The Labute approximate surface area is 90.7 Å². The van der Waals surface area contributed by atoms with Crippen molar-refractivity contribution >= 4 is 15.9 Å².